The van der Waals surface area contributed by atoms with Crippen molar-refractivity contribution in [1.29, 1.82) is 0 Å². The molecule has 2 rings (SSSR count). The van der Waals surface area contributed by atoms with Crippen molar-refractivity contribution in [3.8, 4) is 11.3 Å². The molecule has 0 fully saturated rings. The summed E-state index contributed by atoms with van der Waals surface area (Å²) in [5.41, 5.74) is 2.27. The van der Waals surface area contributed by atoms with Crippen LogP contribution in [0.1, 0.15) is 5.56 Å². The van der Waals surface area contributed by atoms with Crippen LogP contribution < -0.4 is 0 Å². The van der Waals surface area contributed by atoms with Gasteiger partial charge in [0.25, 0.3) is 0 Å². The molecule has 0 aliphatic rings. The molecule has 2 aromatic rings. The predicted octanol–water partition coefficient (Wildman–Crippen LogP) is 3.20. The molecule has 0 aliphatic carbocycles. The van der Waals surface area contributed by atoms with E-state index in [-0.39, 0.29) is 5.82 Å². The van der Waals surface area contributed by atoms with Crippen molar-refractivity contribution in [2.24, 2.45) is 0 Å². The lowest BCUT2D eigenvalue weighted by atomic mass is 10.1. The van der Waals surface area contributed by atoms with Crippen LogP contribution in [0, 0.1) is 12.7 Å². The van der Waals surface area contributed by atoms with E-state index in [1.807, 2.05) is 19.1 Å². The molecule has 70 valence electrons. The average molecular weight is 187 g/mol. The van der Waals surface area contributed by atoms with Gasteiger partial charge in [0.1, 0.15) is 5.82 Å². The van der Waals surface area contributed by atoms with E-state index >= 15 is 0 Å². The summed E-state index contributed by atoms with van der Waals surface area (Å²) in [4.78, 5) is 4.11. The van der Waals surface area contributed by atoms with E-state index < -0.39 is 0 Å². The molecule has 0 aliphatic heterocycles. The lowest BCUT2D eigenvalue weighted by Gasteiger charge is -2.02. The van der Waals surface area contributed by atoms with Gasteiger partial charge in [0.15, 0.2) is 0 Å². The molecule has 0 atom stereocenters. The molecule has 0 bridgehead atoms. The molecule has 0 unspecified atom stereocenters. The van der Waals surface area contributed by atoms with Crippen LogP contribution >= 0.6 is 0 Å². The highest BCUT2D eigenvalue weighted by Crippen LogP contribution is 2.21. The van der Waals surface area contributed by atoms with Crippen molar-refractivity contribution in [2.45, 2.75) is 6.92 Å². The molecule has 0 saturated heterocycles. The Morgan fingerprint density at radius 1 is 1.14 bits per heavy atom. The van der Waals surface area contributed by atoms with Gasteiger partial charge < -0.3 is 0 Å². The van der Waals surface area contributed by atoms with Crippen LogP contribution in [0.25, 0.3) is 11.3 Å². The summed E-state index contributed by atoms with van der Waals surface area (Å²) in [6, 6.07) is 10.5. The number of aryl methyl sites for hydroxylation is 1. The first-order valence-electron chi connectivity index (χ1n) is 4.45. The van der Waals surface area contributed by atoms with Crippen LogP contribution in [0.3, 0.4) is 0 Å². The first-order chi connectivity index (χ1) is 6.77. The monoisotopic (exact) mass is 187 g/mol. The fourth-order valence-electron chi connectivity index (χ4n) is 1.36. The second kappa shape index (κ2) is 3.58. The predicted molar refractivity (Wildman–Crippen MR) is 54.4 cm³/mol. The smallest absolute Gasteiger partial charge is 0.132 e. The van der Waals surface area contributed by atoms with E-state index in [0.29, 0.717) is 11.3 Å². The van der Waals surface area contributed by atoms with Gasteiger partial charge in [-0.3, -0.25) is 4.98 Å². The summed E-state index contributed by atoms with van der Waals surface area (Å²) in [6.45, 7) is 1.94. The van der Waals surface area contributed by atoms with Crippen LogP contribution in [0.5, 0.6) is 0 Å². The fraction of sp³-hybridized carbons (Fsp3) is 0.0833. The van der Waals surface area contributed by atoms with Gasteiger partial charge in [-0.15, -0.1) is 0 Å². The Bertz CT molecular complexity index is 437. The highest BCUT2D eigenvalue weighted by atomic mass is 19.1. The summed E-state index contributed by atoms with van der Waals surface area (Å²) in [6.07, 6.45) is 1.66. The molecular formula is C12H10FN. The number of aromatic nitrogens is 1. The maximum Gasteiger partial charge on any atom is 0.132 e. The number of hydrogen-bond acceptors (Lipinski definition) is 1. The molecule has 1 aromatic carbocycles. The first-order valence-corrected chi connectivity index (χ1v) is 4.45. The van der Waals surface area contributed by atoms with Crippen molar-refractivity contribution < 1.29 is 4.39 Å². The number of rotatable bonds is 1. The van der Waals surface area contributed by atoms with Gasteiger partial charge in [-0.25, -0.2) is 4.39 Å². The minimum absolute atomic E-state index is 0.227. The minimum atomic E-state index is -0.227. The Morgan fingerprint density at radius 2 is 2.00 bits per heavy atom. The van der Waals surface area contributed by atoms with Gasteiger partial charge >= 0.3 is 0 Å². The van der Waals surface area contributed by atoms with Gasteiger partial charge in [0.05, 0.1) is 5.69 Å². The number of halogens is 1. The van der Waals surface area contributed by atoms with E-state index in [9.17, 15) is 4.39 Å². The lowest BCUT2D eigenvalue weighted by molar-refractivity contribution is 0.630. The Kier molecular flexibility index (Phi) is 2.27. The molecule has 0 N–H and O–H groups in total. The highest BCUT2D eigenvalue weighted by molar-refractivity contribution is 5.60. The molecule has 1 heterocycles. The van der Waals surface area contributed by atoms with E-state index in [1.165, 1.54) is 6.07 Å². The zero-order chi connectivity index (χ0) is 9.97. The van der Waals surface area contributed by atoms with Crippen LogP contribution in [0.15, 0.2) is 42.6 Å². The molecule has 2 heteroatoms. The van der Waals surface area contributed by atoms with E-state index in [2.05, 4.69) is 4.98 Å². The maximum atomic E-state index is 13.4. The van der Waals surface area contributed by atoms with Gasteiger partial charge in [0.2, 0.25) is 0 Å². The van der Waals surface area contributed by atoms with Crippen molar-refractivity contribution in [3.05, 3.63) is 54.0 Å². The van der Waals surface area contributed by atoms with Gasteiger partial charge in [0, 0.05) is 11.8 Å². The normalized spacial score (nSPS) is 10.1. The Labute approximate surface area is 82.2 Å². The van der Waals surface area contributed by atoms with Crippen molar-refractivity contribution in [3.63, 3.8) is 0 Å². The zero-order valence-corrected chi connectivity index (χ0v) is 7.87. The van der Waals surface area contributed by atoms with E-state index in [0.717, 1.165) is 5.56 Å². The largest absolute Gasteiger partial charge is 0.256 e. The molecule has 14 heavy (non-hydrogen) atoms. The topological polar surface area (TPSA) is 12.9 Å². The molecule has 0 amide bonds. The minimum Gasteiger partial charge on any atom is -0.256 e. The maximum absolute atomic E-state index is 13.4. The summed E-state index contributed by atoms with van der Waals surface area (Å²) in [5.74, 6) is -0.227. The van der Waals surface area contributed by atoms with Gasteiger partial charge in [-0.2, -0.15) is 0 Å². The SMILES string of the molecule is Cc1ccc(F)c(-c2ccccn2)c1. The fourth-order valence-corrected chi connectivity index (χ4v) is 1.36. The number of pyridine rings is 1. The number of benzene rings is 1. The highest BCUT2D eigenvalue weighted by Gasteiger charge is 2.04. The van der Waals surface area contributed by atoms with Crippen LogP contribution in [0.4, 0.5) is 4.39 Å². The third-order valence-corrected chi connectivity index (χ3v) is 2.06. The second-order valence-electron chi connectivity index (χ2n) is 3.20. The van der Waals surface area contributed by atoms with Gasteiger partial charge in [-0.05, 0) is 31.2 Å². The van der Waals surface area contributed by atoms with Gasteiger partial charge in [-0.1, -0.05) is 17.7 Å². The number of nitrogens with zero attached hydrogens (tertiary/aromatic N) is 1. The second-order valence-corrected chi connectivity index (χ2v) is 3.20. The standard InChI is InChI=1S/C12H10FN/c1-9-5-6-11(13)10(8-9)12-4-2-3-7-14-12/h2-8H,1H3. The molecule has 0 spiro atoms. The van der Waals surface area contributed by atoms with Crippen LogP contribution in [-0.2, 0) is 0 Å². The molecule has 0 saturated carbocycles. The van der Waals surface area contributed by atoms with Crippen molar-refractivity contribution in [1.82, 2.24) is 4.98 Å². The Morgan fingerprint density at radius 3 is 2.71 bits per heavy atom. The summed E-state index contributed by atoms with van der Waals surface area (Å²) < 4.78 is 13.4. The first kappa shape index (κ1) is 8.88. The van der Waals surface area contributed by atoms with E-state index in [4.69, 9.17) is 0 Å². The summed E-state index contributed by atoms with van der Waals surface area (Å²) >= 11 is 0. The Balaban J connectivity index is 2.57. The summed E-state index contributed by atoms with van der Waals surface area (Å²) in [7, 11) is 0. The van der Waals surface area contributed by atoms with Crippen LogP contribution in [-0.4, -0.2) is 4.98 Å². The zero-order valence-electron chi connectivity index (χ0n) is 7.87. The molecule has 1 aromatic heterocycles. The van der Waals surface area contributed by atoms with Crippen molar-refractivity contribution >= 4 is 0 Å². The van der Waals surface area contributed by atoms with Crippen LogP contribution in [0.2, 0.25) is 0 Å². The molecule has 1 nitrogen and oxygen atoms in total. The van der Waals surface area contributed by atoms with Crippen molar-refractivity contribution in [2.75, 3.05) is 0 Å². The molecular weight excluding hydrogens is 177 g/mol. The quantitative estimate of drug-likeness (QED) is 0.668. The third kappa shape index (κ3) is 1.64. The number of hydrogen-bond donors (Lipinski definition) is 0. The summed E-state index contributed by atoms with van der Waals surface area (Å²) in [5, 5.41) is 0. The molecule has 0 radical (unpaired) electrons. The third-order valence-electron chi connectivity index (χ3n) is 2.06. The average Bonchev–Trinajstić information content (AvgIpc) is 2.23. The van der Waals surface area contributed by atoms with E-state index in [1.54, 1.807) is 24.4 Å². The Hall–Kier alpha value is -1.70. The lowest BCUT2D eigenvalue weighted by Crippen LogP contribution is -1.87.